The minimum Gasteiger partial charge on any atom is -0.478 e. The quantitative estimate of drug-likeness (QED) is 0.878. The summed E-state index contributed by atoms with van der Waals surface area (Å²) in [6.45, 7) is 0. The van der Waals surface area contributed by atoms with Gasteiger partial charge >= 0.3 is 12.1 Å². The lowest BCUT2D eigenvalue weighted by molar-refractivity contribution is -0.137. The lowest BCUT2D eigenvalue weighted by Gasteiger charge is -2.06. The van der Waals surface area contributed by atoms with E-state index in [0.717, 1.165) is 12.1 Å². The van der Waals surface area contributed by atoms with E-state index in [1.807, 2.05) is 0 Å². The standard InChI is InChI=1S/C12H8F3N3O2/c13-12(14,15)9-2-3-10(16-6-9)18-7-8(5-17-18)1-4-11(19)20/h1-7H,(H,19,20). The van der Waals surface area contributed by atoms with E-state index in [-0.39, 0.29) is 5.82 Å². The summed E-state index contributed by atoms with van der Waals surface area (Å²) in [5.41, 5.74) is -0.353. The zero-order valence-corrected chi connectivity index (χ0v) is 9.87. The van der Waals surface area contributed by atoms with Gasteiger partial charge in [-0.15, -0.1) is 0 Å². The van der Waals surface area contributed by atoms with Crippen LogP contribution in [0.1, 0.15) is 11.1 Å². The van der Waals surface area contributed by atoms with Crippen LogP contribution < -0.4 is 0 Å². The SMILES string of the molecule is O=C(O)C=Cc1cnn(-c2ccc(C(F)(F)F)cn2)c1. The van der Waals surface area contributed by atoms with Crippen molar-refractivity contribution in [3.05, 3.63) is 47.9 Å². The molecule has 0 bridgehead atoms. The normalized spacial score (nSPS) is 11.9. The van der Waals surface area contributed by atoms with E-state index >= 15 is 0 Å². The van der Waals surface area contributed by atoms with Crippen molar-refractivity contribution in [3.8, 4) is 5.82 Å². The van der Waals surface area contributed by atoms with Crippen molar-refractivity contribution >= 4 is 12.0 Å². The van der Waals surface area contributed by atoms with E-state index in [9.17, 15) is 18.0 Å². The molecule has 2 aromatic heterocycles. The molecule has 0 atom stereocenters. The van der Waals surface area contributed by atoms with Crippen LogP contribution in [0.4, 0.5) is 13.2 Å². The maximum Gasteiger partial charge on any atom is 0.417 e. The van der Waals surface area contributed by atoms with Crippen LogP contribution in [-0.4, -0.2) is 25.8 Å². The molecule has 2 aromatic rings. The molecular weight excluding hydrogens is 275 g/mol. The van der Waals surface area contributed by atoms with Gasteiger partial charge in [-0.25, -0.2) is 14.5 Å². The number of carboxylic acid groups (broad SMARTS) is 1. The Morgan fingerprint density at radius 3 is 2.60 bits per heavy atom. The summed E-state index contributed by atoms with van der Waals surface area (Å²) in [6.07, 6.45) is 1.35. The van der Waals surface area contributed by atoms with Crippen molar-refractivity contribution in [1.82, 2.24) is 14.8 Å². The third-order valence-corrected chi connectivity index (χ3v) is 2.33. The maximum atomic E-state index is 12.4. The van der Waals surface area contributed by atoms with Crippen LogP contribution >= 0.6 is 0 Å². The third-order valence-electron chi connectivity index (χ3n) is 2.33. The largest absolute Gasteiger partial charge is 0.478 e. The van der Waals surface area contributed by atoms with E-state index in [4.69, 9.17) is 5.11 Å². The zero-order chi connectivity index (χ0) is 14.8. The summed E-state index contributed by atoms with van der Waals surface area (Å²) < 4.78 is 38.4. The van der Waals surface area contributed by atoms with E-state index in [1.165, 1.54) is 29.2 Å². The molecule has 1 N–H and O–H groups in total. The fourth-order valence-electron chi connectivity index (χ4n) is 1.40. The van der Waals surface area contributed by atoms with E-state index < -0.39 is 17.7 Å². The first kappa shape index (κ1) is 13.8. The fraction of sp³-hybridized carbons (Fsp3) is 0.0833. The number of aromatic nitrogens is 3. The van der Waals surface area contributed by atoms with Crippen LogP contribution in [0.5, 0.6) is 0 Å². The topological polar surface area (TPSA) is 68.0 Å². The minimum atomic E-state index is -4.44. The number of carboxylic acids is 1. The molecule has 8 heteroatoms. The first-order valence-electron chi connectivity index (χ1n) is 5.35. The summed E-state index contributed by atoms with van der Waals surface area (Å²) in [6, 6.07) is 2.08. The van der Waals surface area contributed by atoms with Crippen molar-refractivity contribution in [1.29, 1.82) is 0 Å². The molecule has 0 saturated carbocycles. The van der Waals surface area contributed by atoms with Gasteiger partial charge in [0, 0.05) is 24.0 Å². The number of halogens is 3. The first-order chi connectivity index (χ1) is 9.36. The summed E-state index contributed by atoms with van der Waals surface area (Å²) in [7, 11) is 0. The number of hydrogen-bond donors (Lipinski definition) is 1. The molecule has 0 aliphatic heterocycles. The molecule has 104 valence electrons. The molecule has 0 unspecified atom stereocenters. The molecule has 20 heavy (non-hydrogen) atoms. The predicted octanol–water partition coefficient (Wildman–Crippen LogP) is 2.38. The molecule has 0 saturated heterocycles. The predicted molar refractivity (Wildman–Crippen MR) is 63.0 cm³/mol. The minimum absolute atomic E-state index is 0.202. The van der Waals surface area contributed by atoms with E-state index in [0.29, 0.717) is 11.8 Å². The van der Waals surface area contributed by atoms with Crippen molar-refractivity contribution in [2.45, 2.75) is 6.18 Å². The van der Waals surface area contributed by atoms with Crippen molar-refractivity contribution in [2.75, 3.05) is 0 Å². The van der Waals surface area contributed by atoms with E-state index in [1.54, 1.807) is 0 Å². The van der Waals surface area contributed by atoms with Gasteiger partial charge in [0.25, 0.3) is 0 Å². The van der Waals surface area contributed by atoms with Crippen LogP contribution in [0.15, 0.2) is 36.8 Å². The smallest absolute Gasteiger partial charge is 0.417 e. The van der Waals surface area contributed by atoms with Crippen LogP contribution in [0.3, 0.4) is 0 Å². The van der Waals surface area contributed by atoms with Gasteiger partial charge in [-0.1, -0.05) is 0 Å². The highest BCUT2D eigenvalue weighted by Gasteiger charge is 2.30. The highest BCUT2D eigenvalue weighted by molar-refractivity contribution is 5.85. The average Bonchev–Trinajstić information content (AvgIpc) is 2.84. The summed E-state index contributed by atoms with van der Waals surface area (Å²) in [5, 5.41) is 12.4. The lowest BCUT2D eigenvalue weighted by Crippen LogP contribution is -2.06. The number of nitrogens with zero attached hydrogens (tertiary/aromatic N) is 3. The second kappa shape index (κ2) is 5.16. The monoisotopic (exact) mass is 283 g/mol. The van der Waals surface area contributed by atoms with Gasteiger partial charge in [-0.05, 0) is 18.2 Å². The van der Waals surface area contributed by atoms with E-state index in [2.05, 4.69) is 10.1 Å². The zero-order valence-electron chi connectivity index (χ0n) is 9.87. The molecule has 0 aliphatic rings. The molecule has 0 fully saturated rings. The molecule has 0 amide bonds. The number of carbonyl (C=O) groups is 1. The molecule has 2 heterocycles. The number of hydrogen-bond acceptors (Lipinski definition) is 3. The number of pyridine rings is 1. The van der Waals surface area contributed by atoms with Crippen LogP contribution in [0.25, 0.3) is 11.9 Å². The lowest BCUT2D eigenvalue weighted by atomic mass is 10.3. The second-order valence-corrected chi connectivity index (χ2v) is 3.79. The number of alkyl halides is 3. The third kappa shape index (κ3) is 3.22. The molecule has 0 aromatic carbocycles. The van der Waals surface area contributed by atoms with Crippen molar-refractivity contribution in [2.24, 2.45) is 0 Å². The summed E-state index contributed by atoms with van der Waals surface area (Å²) in [5.74, 6) is -0.904. The number of rotatable bonds is 3. The Labute approximate surface area is 111 Å². The first-order valence-corrected chi connectivity index (χ1v) is 5.35. The Morgan fingerprint density at radius 1 is 1.30 bits per heavy atom. The van der Waals surface area contributed by atoms with Gasteiger partial charge in [-0.3, -0.25) is 0 Å². The van der Waals surface area contributed by atoms with Gasteiger partial charge in [0.1, 0.15) is 0 Å². The van der Waals surface area contributed by atoms with Crippen LogP contribution in [0.2, 0.25) is 0 Å². The van der Waals surface area contributed by atoms with Gasteiger partial charge in [0.05, 0.1) is 11.8 Å². The molecular formula is C12H8F3N3O2. The Morgan fingerprint density at radius 2 is 2.05 bits per heavy atom. The Balaban J connectivity index is 2.22. The molecule has 2 rings (SSSR count). The van der Waals surface area contributed by atoms with Crippen molar-refractivity contribution < 1.29 is 23.1 Å². The van der Waals surface area contributed by atoms with Crippen LogP contribution in [-0.2, 0) is 11.0 Å². The molecule has 0 radical (unpaired) electrons. The molecule has 0 spiro atoms. The highest BCUT2D eigenvalue weighted by Crippen LogP contribution is 2.28. The Bertz CT molecular complexity index is 645. The summed E-state index contributed by atoms with van der Waals surface area (Å²) >= 11 is 0. The second-order valence-electron chi connectivity index (χ2n) is 3.79. The Kier molecular flexibility index (Phi) is 3.55. The fourth-order valence-corrected chi connectivity index (χ4v) is 1.40. The van der Waals surface area contributed by atoms with Gasteiger partial charge in [0.15, 0.2) is 5.82 Å². The number of aliphatic carboxylic acids is 1. The molecule has 0 aliphatic carbocycles. The Hall–Kier alpha value is -2.64. The van der Waals surface area contributed by atoms with Crippen molar-refractivity contribution in [3.63, 3.8) is 0 Å². The maximum absolute atomic E-state index is 12.4. The highest BCUT2D eigenvalue weighted by atomic mass is 19.4. The van der Waals surface area contributed by atoms with Gasteiger partial charge in [-0.2, -0.15) is 18.3 Å². The molecule has 5 nitrogen and oxygen atoms in total. The van der Waals surface area contributed by atoms with Gasteiger partial charge in [0.2, 0.25) is 0 Å². The summed E-state index contributed by atoms with van der Waals surface area (Å²) in [4.78, 5) is 14.0. The van der Waals surface area contributed by atoms with Gasteiger partial charge < -0.3 is 5.11 Å². The average molecular weight is 283 g/mol. The van der Waals surface area contributed by atoms with Crippen LogP contribution in [0, 0.1) is 0 Å².